The van der Waals surface area contributed by atoms with E-state index in [1.165, 1.54) is 12.3 Å². The molecule has 1 rings (SSSR count). The molecule has 1 unspecified atom stereocenters. The van der Waals surface area contributed by atoms with E-state index in [1.807, 2.05) is 0 Å². The van der Waals surface area contributed by atoms with Crippen molar-refractivity contribution in [3.8, 4) is 0 Å². The number of ether oxygens (including phenoxy) is 1. The molecule has 18 heavy (non-hydrogen) atoms. The van der Waals surface area contributed by atoms with Gasteiger partial charge < -0.3 is 15.2 Å². The van der Waals surface area contributed by atoms with Crippen LogP contribution in [0.4, 0.5) is 4.79 Å². The maximum atomic E-state index is 11.2. The van der Waals surface area contributed by atoms with Crippen LogP contribution in [0.2, 0.25) is 0 Å². The highest BCUT2D eigenvalue weighted by atomic mass is 16.5. The van der Waals surface area contributed by atoms with Crippen molar-refractivity contribution in [2.24, 2.45) is 0 Å². The Morgan fingerprint density at radius 2 is 2.39 bits per heavy atom. The van der Waals surface area contributed by atoms with E-state index in [1.54, 1.807) is 12.1 Å². The van der Waals surface area contributed by atoms with Crippen LogP contribution in [0, 0.1) is 0 Å². The number of carbonyl (C=O) groups excluding carboxylic acids is 1. The lowest BCUT2D eigenvalue weighted by molar-refractivity contribution is -0.139. The summed E-state index contributed by atoms with van der Waals surface area (Å²) in [5.74, 6) is -1.17. The van der Waals surface area contributed by atoms with Crippen LogP contribution in [-0.2, 0) is 16.0 Å². The molecule has 0 fully saturated rings. The number of aliphatic carboxylic acids is 1. The zero-order chi connectivity index (χ0) is 13.4. The quantitative estimate of drug-likeness (QED) is 0.709. The molecular formula is C11H13N3O4. The molecule has 0 aliphatic heterocycles. The lowest BCUT2D eigenvalue weighted by atomic mass is 10.1. The van der Waals surface area contributed by atoms with E-state index in [9.17, 15) is 9.59 Å². The predicted octanol–water partition coefficient (Wildman–Crippen LogP) is 0.384. The molecule has 2 N–H and O–H groups in total. The number of carboxylic acid groups (broad SMARTS) is 1. The van der Waals surface area contributed by atoms with Gasteiger partial charge in [0.15, 0.2) is 0 Å². The summed E-state index contributed by atoms with van der Waals surface area (Å²) in [4.78, 5) is 22.2. The van der Waals surface area contributed by atoms with Crippen LogP contribution in [0.5, 0.6) is 0 Å². The largest absolute Gasteiger partial charge is 0.480 e. The third-order valence-corrected chi connectivity index (χ3v) is 1.96. The Balaban J connectivity index is 2.58. The minimum atomic E-state index is -1.17. The van der Waals surface area contributed by atoms with Crippen molar-refractivity contribution in [2.45, 2.75) is 12.5 Å². The van der Waals surface area contributed by atoms with Crippen molar-refractivity contribution >= 4 is 12.1 Å². The molecule has 0 saturated carbocycles. The third-order valence-electron chi connectivity index (χ3n) is 1.96. The first-order valence-electron chi connectivity index (χ1n) is 5.17. The monoisotopic (exact) mass is 251 g/mol. The molecule has 0 radical (unpaired) electrons. The van der Waals surface area contributed by atoms with Gasteiger partial charge in [-0.3, -0.25) is 0 Å². The number of rotatable bonds is 6. The summed E-state index contributed by atoms with van der Waals surface area (Å²) >= 11 is 0. The topological polar surface area (TPSA) is 101 Å². The Hall–Kier alpha value is -2.44. The molecule has 0 aliphatic rings. The van der Waals surface area contributed by atoms with Gasteiger partial charge in [0.2, 0.25) is 0 Å². The van der Waals surface area contributed by atoms with Crippen molar-refractivity contribution in [3.05, 3.63) is 36.7 Å². The van der Waals surface area contributed by atoms with Gasteiger partial charge in [-0.25, -0.2) is 9.59 Å². The van der Waals surface area contributed by atoms with Crippen molar-refractivity contribution in [2.75, 3.05) is 6.61 Å². The van der Waals surface area contributed by atoms with Crippen LogP contribution >= 0.6 is 0 Å². The van der Waals surface area contributed by atoms with E-state index in [2.05, 4.69) is 26.8 Å². The smallest absolute Gasteiger partial charge is 0.408 e. The molecule has 1 amide bonds. The number of nitrogens with zero attached hydrogens (tertiary/aromatic N) is 2. The Morgan fingerprint density at radius 3 is 2.94 bits per heavy atom. The lowest BCUT2D eigenvalue weighted by Gasteiger charge is -2.13. The average Bonchev–Trinajstić information content (AvgIpc) is 2.36. The van der Waals surface area contributed by atoms with E-state index in [4.69, 9.17) is 5.11 Å². The normalized spacial score (nSPS) is 11.3. The van der Waals surface area contributed by atoms with Gasteiger partial charge in [-0.1, -0.05) is 12.7 Å². The van der Waals surface area contributed by atoms with E-state index in [-0.39, 0.29) is 13.0 Å². The number of carbonyl (C=O) groups is 2. The zero-order valence-corrected chi connectivity index (χ0v) is 9.57. The fourth-order valence-electron chi connectivity index (χ4n) is 1.17. The van der Waals surface area contributed by atoms with Crippen LogP contribution in [0.25, 0.3) is 0 Å². The predicted molar refractivity (Wildman–Crippen MR) is 61.8 cm³/mol. The SMILES string of the molecule is C=CCOC(=O)NC(Cc1cccnn1)C(=O)O. The summed E-state index contributed by atoms with van der Waals surface area (Å²) < 4.78 is 4.64. The Morgan fingerprint density at radius 1 is 1.61 bits per heavy atom. The minimum absolute atomic E-state index is 0.0172. The second kappa shape index (κ2) is 7.00. The third kappa shape index (κ3) is 4.60. The number of hydrogen-bond acceptors (Lipinski definition) is 5. The first-order chi connectivity index (χ1) is 8.63. The average molecular weight is 251 g/mol. The summed E-state index contributed by atoms with van der Waals surface area (Å²) in [6.45, 7) is 3.39. The Bertz CT molecular complexity index is 422. The van der Waals surface area contributed by atoms with Gasteiger partial charge in [-0.2, -0.15) is 10.2 Å². The minimum Gasteiger partial charge on any atom is -0.480 e. The Kier molecular flexibility index (Phi) is 5.30. The van der Waals surface area contributed by atoms with Crippen LogP contribution < -0.4 is 5.32 Å². The van der Waals surface area contributed by atoms with Gasteiger partial charge in [0.05, 0.1) is 5.69 Å². The van der Waals surface area contributed by atoms with Gasteiger partial charge in [-0.05, 0) is 12.1 Å². The second-order valence-electron chi connectivity index (χ2n) is 3.34. The highest BCUT2D eigenvalue weighted by Gasteiger charge is 2.21. The number of aromatic nitrogens is 2. The number of amides is 1. The fourth-order valence-corrected chi connectivity index (χ4v) is 1.17. The summed E-state index contributed by atoms with van der Waals surface area (Å²) in [5.41, 5.74) is 0.467. The summed E-state index contributed by atoms with van der Waals surface area (Å²) in [6.07, 6.45) is 2.08. The first-order valence-corrected chi connectivity index (χ1v) is 5.17. The summed E-state index contributed by atoms with van der Waals surface area (Å²) in [5, 5.41) is 18.6. The maximum absolute atomic E-state index is 11.2. The van der Waals surface area contributed by atoms with Crippen molar-refractivity contribution in [1.29, 1.82) is 0 Å². The standard InChI is InChI=1S/C11H13N3O4/c1-2-6-18-11(17)13-9(10(15)16)7-8-4-3-5-12-14-8/h2-5,9H,1,6-7H2,(H,13,17)(H,15,16). The number of alkyl carbamates (subject to hydrolysis) is 1. The zero-order valence-electron chi connectivity index (χ0n) is 9.57. The van der Waals surface area contributed by atoms with Gasteiger partial charge in [0.25, 0.3) is 0 Å². The molecule has 7 heteroatoms. The van der Waals surface area contributed by atoms with Crippen molar-refractivity contribution < 1.29 is 19.4 Å². The van der Waals surface area contributed by atoms with Gasteiger partial charge >= 0.3 is 12.1 Å². The molecule has 0 bridgehead atoms. The molecule has 0 aromatic carbocycles. The molecule has 1 aromatic rings. The number of nitrogens with one attached hydrogen (secondary N) is 1. The van der Waals surface area contributed by atoms with Gasteiger partial charge in [0, 0.05) is 12.6 Å². The highest BCUT2D eigenvalue weighted by molar-refractivity contribution is 5.80. The number of hydrogen-bond donors (Lipinski definition) is 2. The molecule has 0 saturated heterocycles. The first kappa shape index (κ1) is 13.6. The van der Waals surface area contributed by atoms with Crippen molar-refractivity contribution in [3.63, 3.8) is 0 Å². The molecule has 1 heterocycles. The molecule has 1 atom stereocenters. The van der Waals surface area contributed by atoms with Crippen molar-refractivity contribution in [1.82, 2.24) is 15.5 Å². The van der Waals surface area contributed by atoms with E-state index in [0.29, 0.717) is 5.69 Å². The van der Waals surface area contributed by atoms with Crippen LogP contribution in [0.1, 0.15) is 5.69 Å². The van der Waals surface area contributed by atoms with Crippen LogP contribution in [0.15, 0.2) is 31.0 Å². The van der Waals surface area contributed by atoms with E-state index in [0.717, 1.165) is 0 Å². The van der Waals surface area contributed by atoms with E-state index < -0.39 is 18.1 Å². The fraction of sp³-hybridized carbons (Fsp3) is 0.273. The molecule has 0 aliphatic carbocycles. The molecular weight excluding hydrogens is 238 g/mol. The molecule has 1 aromatic heterocycles. The summed E-state index contributed by atoms with van der Waals surface area (Å²) in [7, 11) is 0. The maximum Gasteiger partial charge on any atom is 0.408 e. The van der Waals surface area contributed by atoms with Crippen LogP contribution in [-0.4, -0.2) is 40.0 Å². The van der Waals surface area contributed by atoms with Gasteiger partial charge in [-0.15, -0.1) is 0 Å². The molecule has 0 spiro atoms. The molecule has 7 nitrogen and oxygen atoms in total. The Labute approximate surface area is 103 Å². The summed E-state index contributed by atoms with van der Waals surface area (Å²) in [6, 6.07) is 2.15. The number of carboxylic acids is 1. The highest BCUT2D eigenvalue weighted by Crippen LogP contribution is 1.99. The van der Waals surface area contributed by atoms with Crippen LogP contribution in [0.3, 0.4) is 0 Å². The lowest BCUT2D eigenvalue weighted by Crippen LogP contribution is -2.42. The van der Waals surface area contributed by atoms with E-state index >= 15 is 0 Å². The second-order valence-corrected chi connectivity index (χ2v) is 3.34. The molecule has 96 valence electrons. The van der Waals surface area contributed by atoms with Gasteiger partial charge in [0.1, 0.15) is 12.6 Å².